The van der Waals surface area contributed by atoms with E-state index in [1.165, 1.54) is 0 Å². The summed E-state index contributed by atoms with van der Waals surface area (Å²) in [7, 11) is 0. The van der Waals surface area contributed by atoms with E-state index >= 15 is 0 Å². The van der Waals surface area contributed by atoms with Crippen LogP contribution in [0, 0.1) is 0 Å². The van der Waals surface area contributed by atoms with Crippen molar-refractivity contribution in [1.82, 2.24) is 4.98 Å². The summed E-state index contributed by atoms with van der Waals surface area (Å²) in [5.41, 5.74) is 5.32. The minimum Gasteiger partial charge on any atom is -0.454 e. The Hall–Kier alpha value is -3.53. The largest absolute Gasteiger partial charge is 0.454 e. The fraction of sp³-hybridized carbons (Fsp3) is 0.0870. The molecule has 1 aromatic heterocycles. The molecule has 1 aliphatic rings. The quantitative estimate of drug-likeness (QED) is 0.544. The highest BCUT2D eigenvalue weighted by Gasteiger charge is 2.12. The highest BCUT2D eigenvalue weighted by atomic mass is 16.7. The molecular formula is C23H18N2O2. The average Bonchev–Trinajstić information content (AvgIpc) is 3.20. The van der Waals surface area contributed by atoms with Crippen LogP contribution in [0.4, 0.5) is 5.69 Å². The summed E-state index contributed by atoms with van der Waals surface area (Å²) >= 11 is 0. The number of hydrogen-bond donors (Lipinski definition) is 1. The first-order chi connectivity index (χ1) is 13.3. The number of benzene rings is 3. The highest BCUT2D eigenvalue weighted by molar-refractivity contribution is 5.81. The molecule has 0 fully saturated rings. The van der Waals surface area contributed by atoms with Gasteiger partial charge in [-0.2, -0.15) is 0 Å². The zero-order chi connectivity index (χ0) is 18.1. The van der Waals surface area contributed by atoms with E-state index in [9.17, 15) is 0 Å². The van der Waals surface area contributed by atoms with E-state index in [0.29, 0.717) is 6.79 Å². The molecular weight excluding hydrogens is 336 g/mol. The molecule has 4 aromatic rings. The topological polar surface area (TPSA) is 43.4 Å². The normalized spacial score (nSPS) is 12.3. The molecule has 27 heavy (non-hydrogen) atoms. The van der Waals surface area contributed by atoms with Crippen molar-refractivity contribution in [2.45, 2.75) is 6.54 Å². The van der Waals surface area contributed by atoms with E-state index in [1.807, 2.05) is 36.4 Å². The maximum absolute atomic E-state index is 5.43. The molecule has 132 valence electrons. The SMILES string of the molecule is c1ccc2nc(-c3ccc(NCc4ccc5c(c4)OCO5)cc3)ccc2c1. The molecule has 0 atom stereocenters. The van der Waals surface area contributed by atoms with Gasteiger partial charge >= 0.3 is 0 Å². The molecule has 0 unspecified atom stereocenters. The lowest BCUT2D eigenvalue weighted by Gasteiger charge is -2.09. The highest BCUT2D eigenvalue weighted by Crippen LogP contribution is 2.32. The van der Waals surface area contributed by atoms with Gasteiger partial charge < -0.3 is 14.8 Å². The smallest absolute Gasteiger partial charge is 0.231 e. The molecule has 0 amide bonds. The van der Waals surface area contributed by atoms with Crippen LogP contribution in [-0.4, -0.2) is 11.8 Å². The van der Waals surface area contributed by atoms with Crippen molar-refractivity contribution in [1.29, 1.82) is 0 Å². The average molecular weight is 354 g/mol. The molecule has 4 nitrogen and oxygen atoms in total. The maximum Gasteiger partial charge on any atom is 0.231 e. The number of hydrogen-bond acceptors (Lipinski definition) is 4. The number of fused-ring (bicyclic) bond motifs is 2. The fourth-order valence-electron chi connectivity index (χ4n) is 3.24. The van der Waals surface area contributed by atoms with E-state index < -0.39 is 0 Å². The van der Waals surface area contributed by atoms with E-state index in [-0.39, 0.29) is 0 Å². The molecule has 0 aliphatic carbocycles. The standard InChI is InChI=1S/C23H18N2O2/c1-2-4-20-17(3-1)8-11-21(25-20)18-6-9-19(10-7-18)24-14-16-5-12-22-23(13-16)27-15-26-22/h1-13,24H,14-15H2. The van der Waals surface area contributed by atoms with Crippen molar-refractivity contribution in [3.05, 3.63) is 84.4 Å². The van der Waals surface area contributed by atoms with Crippen molar-refractivity contribution in [3.8, 4) is 22.8 Å². The number of nitrogens with one attached hydrogen (secondary N) is 1. The molecule has 5 rings (SSSR count). The summed E-state index contributed by atoms with van der Waals surface area (Å²) in [5.74, 6) is 1.62. The first-order valence-electron chi connectivity index (χ1n) is 8.94. The second-order valence-electron chi connectivity index (χ2n) is 6.51. The Kier molecular flexibility index (Phi) is 3.87. The minimum atomic E-state index is 0.302. The van der Waals surface area contributed by atoms with Crippen molar-refractivity contribution < 1.29 is 9.47 Å². The van der Waals surface area contributed by atoms with Gasteiger partial charge in [-0.1, -0.05) is 42.5 Å². The molecule has 0 saturated heterocycles. The first kappa shape index (κ1) is 15.7. The Morgan fingerprint density at radius 3 is 2.59 bits per heavy atom. The number of nitrogens with zero attached hydrogens (tertiary/aromatic N) is 1. The molecule has 1 N–H and O–H groups in total. The lowest BCUT2D eigenvalue weighted by Crippen LogP contribution is -1.99. The summed E-state index contributed by atoms with van der Waals surface area (Å²) in [6.07, 6.45) is 0. The van der Waals surface area contributed by atoms with Gasteiger partial charge in [0.15, 0.2) is 11.5 Å². The molecule has 2 heterocycles. The predicted molar refractivity (Wildman–Crippen MR) is 107 cm³/mol. The van der Waals surface area contributed by atoms with Gasteiger partial charge in [0.2, 0.25) is 6.79 Å². The van der Waals surface area contributed by atoms with Crippen LogP contribution in [0.5, 0.6) is 11.5 Å². The van der Waals surface area contributed by atoms with Gasteiger partial charge in [-0.05, 0) is 42.0 Å². The molecule has 1 aliphatic heterocycles. The molecule has 0 spiro atoms. The second kappa shape index (κ2) is 6.65. The summed E-state index contributed by atoms with van der Waals surface area (Å²) in [4.78, 5) is 4.76. The second-order valence-corrected chi connectivity index (χ2v) is 6.51. The predicted octanol–water partition coefficient (Wildman–Crippen LogP) is 5.24. The van der Waals surface area contributed by atoms with Gasteiger partial charge in [0.25, 0.3) is 0 Å². The molecule has 0 saturated carbocycles. The van der Waals surface area contributed by atoms with Crippen molar-refractivity contribution in [2.75, 3.05) is 12.1 Å². The van der Waals surface area contributed by atoms with Gasteiger partial charge in [-0.25, -0.2) is 4.98 Å². The summed E-state index contributed by atoms with van der Waals surface area (Å²) in [5, 5.41) is 4.60. The van der Waals surface area contributed by atoms with Crippen LogP contribution in [0.15, 0.2) is 78.9 Å². The molecule has 3 aromatic carbocycles. The van der Waals surface area contributed by atoms with Crippen LogP contribution in [0.25, 0.3) is 22.2 Å². The van der Waals surface area contributed by atoms with E-state index in [4.69, 9.17) is 14.5 Å². The number of pyridine rings is 1. The third-order valence-corrected chi connectivity index (χ3v) is 4.71. The van der Waals surface area contributed by atoms with E-state index in [1.54, 1.807) is 0 Å². The van der Waals surface area contributed by atoms with Crippen LogP contribution in [-0.2, 0) is 6.54 Å². The Balaban J connectivity index is 1.31. The van der Waals surface area contributed by atoms with Crippen molar-refractivity contribution in [3.63, 3.8) is 0 Å². The van der Waals surface area contributed by atoms with Gasteiger partial charge in [0.1, 0.15) is 0 Å². The fourth-order valence-corrected chi connectivity index (χ4v) is 3.24. The van der Waals surface area contributed by atoms with Crippen molar-refractivity contribution >= 4 is 16.6 Å². The molecule has 0 radical (unpaired) electrons. The van der Waals surface area contributed by atoms with Gasteiger partial charge in [0.05, 0.1) is 11.2 Å². The summed E-state index contributed by atoms with van der Waals surface area (Å²) in [6, 6.07) is 26.7. The first-order valence-corrected chi connectivity index (χ1v) is 8.94. The number of para-hydroxylation sites is 1. The Labute approximate surface area is 157 Å². The third-order valence-electron chi connectivity index (χ3n) is 4.71. The van der Waals surface area contributed by atoms with Gasteiger partial charge in [-0.3, -0.25) is 0 Å². The lowest BCUT2D eigenvalue weighted by atomic mass is 10.1. The van der Waals surface area contributed by atoms with Crippen LogP contribution < -0.4 is 14.8 Å². The Morgan fingerprint density at radius 1 is 0.815 bits per heavy atom. The minimum absolute atomic E-state index is 0.302. The number of ether oxygens (including phenoxy) is 2. The number of anilines is 1. The molecule has 0 bridgehead atoms. The zero-order valence-electron chi connectivity index (χ0n) is 14.7. The molecule has 4 heteroatoms. The Bertz CT molecular complexity index is 1110. The number of aromatic nitrogens is 1. The van der Waals surface area contributed by atoms with Crippen LogP contribution in [0.3, 0.4) is 0 Å². The van der Waals surface area contributed by atoms with Crippen LogP contribution >= 0.6 is 0 Å². The van der Waals surface area contributed by atoms with Crippen LogP contribution in [0.2, 0.25) is 0 Å². The van der Waals surface area contributed by atoms with E-state index in [2.05, 4.69) is 47.8 Å². The number of rotatable bonds is 4. The third kappa shape index (κ3) is 3.17. The van der Waals surface area contributed by atoms with Crippen molar-refractivity contribution in [2.24, 2.45) is 0 Å². The zero-order valence-corrected chi connectivity index (χ0v) is 14.7. The Morgan fingerprint density at radius 2 is 1.67 bits per heavy atom. The van der Waals surface area contributed by atoms with Gasteiger partial charge in [-0.15, -0.1) is 0 Å². The van der Waals surface area contributed by atoms with E-state index in [0.717, 1.165) is 51.5 Å². The maximum atomic E-state index is 5.43. The van der Waals surface area contributed by atoms with Crippen LogP contribution in [0.1, 0.15) is 5.56 Å². The monoisotopic (exact) mass is 354 g/mol. The summed E-state index contributed by atoms with van der Waals surface area (Å²) in [6.45, 7) is 1.03. The summed E-state index contributed by atoms with van der Waals surface area (Å²) < 4.78 is 10.8. The lowest BCUT2D eigenvalue weighted by molar-refractivity contribution is 0.174. The van der Waals surface area contributed by atoms with Gasteiger partial charge in [0, 0.05) is 23.2 Å².